The summed E-state index contributed by atoms with van der Waals surface area (Å²) in [5.74, 6) is -0.456. The summed E-state index contributed by atoms with van der Waals surface area (Å²) in [6.45, 7) is 1.34. The van der Waals surface area contributed by atoms with Crippen LogP contribution in [-0.2, 0) is 9.59 Å². The fourth-order valence-electron chi connectivity index (χ4n) is 2.55. The lowest BCUT2D eigenvalue weighted by Gasteiger charge is -2.29. The number of nitrogens with one attached hydrogen (secondary N) is 3. The fraction of sp³-hybridized carbons (Fsp3) is 0.750. The second-order valence-corrected chi connectivity index (χ2v) is 4.97. The van der Waals surface area contributed by atoms with Crippen molar-refractivity contribution in [2.45, 2.75) is 31.7 Å². The van der Waals surface area contributed by atoms with Crippen LogP contribution in [0.15, 0.2) is 4.99 Å². The van der Waals surface area contributed by atoms with Crippen molar-refractivity contribution in [2.75, 3.05) is 19.6 Å². The minimum atomic E-state index is -1.01. The summed E-state index contributed by atoms with van der Waals surface area (Å²) >= 11 is 0. The molecule has 2 atom stereocenters. The van der Waals surface area contributed by atoms with E-state index in [9.17, 15) is 9.59 Å². The molecule has 7 nitrogen and oxygen atoms in total. The van der Waals surface area contributed by atoms with Crippen molar-refractivity contribution in [1.82, 2.24) is 16.0 Å². The Bertz CT molecular complexity index is 383. The van der Waals surface area contributed by atoms with Gasteiger partial charge in [-0.3, -0.25) is 14.6 Å². The number of aliphatic imine (C=N–C) groups is 1. The molecule has 1 heterocycles. The molecule has 1 saturated carbocycles. The lowest BCUT2D eigenvalue weighted by atomic mass is 9.85. The van der Waals surface area contributed by atoms with E-state index in [1.807, 2.05) is 0 Å². The Kier molecular flexibility index (Phi) is 4.59. The number of nitrogens with zero attached hydrogens (tertiary/aromatic N) is 1. The van der Waals surface area contributed by atoms with Gasteiger partial charge in [-0.2, -0.15) is 0 Å². The zero-order chi connectivity index (χ0) is 13.7. The third-order valence-electron chi connectivity index (χ3n) is 3.47. The van der Waals surface area contributed by atoms with Gasteiger partial charge in [0.25, 0.3) is 0 Å². The number of aliphatic carboxylic acids is 1. The Balaban J connectivity index is 1.79. The quantitative estimate of drug-likeness (QED) is 0.539. The van der Waals surface area contributed by atoms with Gasteiger partial charge in [0.1, 0.15) is 6.54 Å². The molecule has 0 spiro atoms. The molecule has 4 N–H and O–H groups in total. The van der Waals surface area contributed by atoms with Gasteiger partial charge in [-0.15, -0.1) is 0 Å². The lowest BCUT2D eigenvalue weighted by Crippen LogP contribution is -2.46. The van der Waals surface area contributed by atoms with Crippen LogP contribution in [0, 0.1) is 5.92 Å². The molecule has 0 aromatic heterocycles. The highest BCUT2D eigenvalue weighted by Crippen LogP contribution is 2.24. The van der Waals surface area contributed by atoms with Crippen molar-refractivity contribution in [3.05, 3.63) is 0 Å². The first kappa shape index (κ1) is 13.6. The number of amides is 1. The zero-order valence-electron chi connectivity index (χ0n) is 10.8. The van der Waals surface area contributed by atoms with E-state index in [0.717, 1.165) is 44.7 Å². The van der Waals surface area contributed by atoms with Gasteiger partial charge >= 0.3 is 5.97 Å². The Morgan fingerprint density at radius 1 is 1.42 bits per heavy atom. The molecule has 0 aromatic carbocycles. The molecule has 2 rings (SSSR count). The maximum absolute atomic E-state index is 11.8. The molecule has 1 aliphatic heterocycles. The number of rotatable bonds is 4. The standard InChI is InChI=1S/C12H20N4O3/c17-10(18)7-15-11(19)8-2-1-3-9(6-8)16-12-13-4-5-14-12/h8-9H,1-7H2,(H,15,19)(H,17,18)(H2,13,14,16). The number of hydrogen-bond donors (Lipinski definition) is 4. The zero-order valence-corrected chi connectivity index (χ0v) is 10.8. The third-order valence-corrected chi connectivity index (χ3v) is 3.47. The van der Waals surface area contributed by atoms with Crippen LogP contribution in [-0.4, -0.2) is 48.6 Å². The SMILES string of the molecule is O=C(O)CNC(=O)C1CCCC(NC2=NCCN2)C1. The second-order valence-electron chi connectivity index (χ2n) is 4.97. The van der Waals surface area contributed by atoms with Gasteiger partial charge in [-0.25, -0.2) is 0 Å². The van der Waals surface area contributed by atoms with E-state index in [1.54, 1.807) is 0 Å². The maximum Gasteiger partial charge on any atom is 0.322 e. The van der Waals surface area contributed by atoms with E-state index >= 15 is 0 Å². The normalized spacial score (nSPS) is 26.2. The molecule has 1 amide bonds. The van der Waals surface area contributed by atoms with Gasteiger partial charge in [0.2, 0.25) is 5.91 Å². The summed E-state index contributed by atoms with van der Waals surface area (Å²) in [5.41, 5.74) is 0. The van der Waals surface area contributed by atoms with E-state index in [2.05, 4.69) is 20.9 Å². The van der Waals surface area contributed by atoms with Crippen LogP contribution in [0.3, 0.4) is 0 Å². The molecule has 1 fully saturated rings. The van der Waals surface area contributed by atoms with E-state index in [0.29, 0.717) is 0 Å². The highest BCUT2D eigenvalue weighted by atomic mass is 16.4. The van der Waals surface area contributed by atoms with E-state index < -0.39 is 5.97 Å². The Hall–Kier alpha value is -1.79. The van der Waals surface area contributed by atoms with Crippen molar-refractivity contribution in [2.24, 2.45) is 10.9 Å². The molecule has 2 unspecified atom stereocenters. The summed E-state index contributed by atoms with van der Waals surface area (Å²) in [5, 5.41) is 17.5. The van der Waals surface area contributed by atoms with Crippen molar-refractivity contribution >= 4 is 17.8 Å². The van der Waals surface area contributed by atoms with Crippen LogP contribution in [0.5, 0.6) is 0 Å². The average Bonchev–Trinajstić information content (AvgIpc) is 2.89. The first-order valence-electron chi connectivity index (χ1n) is 6.69. The average molecular weight is 268 g/mol. The van der Waals surface area contributed by atoms with E-state index in [1.165, 1.54) is 0 Å². The van der Waals surface area contributed by atoms with Gasteiger partial charge < -0.3 is 21.1 Å². The van der Waals surface area contributed by atoms with Crippen LogP contribution >= 0.6 is 0 Å². The molecule has 1 aliphatic carbocycles. The minimum absolute atomic E-state index is 0.104. The van der Waals surface area contributed by atoms with Crippen molar-refractivity contribution in [3.63, 3.8) is 0 Å². The molecule has 0 radical (unpaired) electrons. The first-order valence-corrected chi connectivity index (χ1v) is 6.69. The number of carboxylic acid groups (broad SMARTS) is 1. The summed E-state index contributed by atoms with van der Waals surface area (Å²) < 4.78 is 0. The Morgan fingerprint density at radius 2 is 2.26 bits per heavy atom. The van der Waals surface area contributed by atoms with Gasteiger partial charge in [-0.1, -0.05) is 6.42 Å². The highest BCUT2D eigenvalue weighted by molar-refractivity contribution is 5.83. The molecule has 7 heteroatoms. The summed E-state index contributed by atoms with van der Waals surface area (Å²) in [4.78, 5) is 26.5. The molecule has 0 bridgehead atoms. The topological polar surface area (TPSA) is 103 Å². The number of guanidine groups is 1. The second kappa shape index (κ2) is 6.40. The first-order chi connectivity index (χ1) is 9.15. The third kappa shape index (κ3) is 4.11. The highest BCUT2D eigenvalue weighted by Gasteiger charge is 2.28. The molecule has 0 aromatic rings. The molecule has 2 aliphatic rings. The van der Waals surface area contributed by atoms with Crippen molar-refractivity contribution in [1.29, 1.82) is 0 Å². The number of hydrogen-bond acceptors (Lipinski definition) is 5. The van der Waals surface area contributed by atoms with Gasteiger partial charge in [-0.05, 0) is 19.3 Å². The molecule has 19 heavy (non-hydrogen) atoms. The summed E-state index contributed by atoms with van der Waals surface area (Å²) in [6.07, 6.45) is 3.54. The van der Waals surface area contributed by atoms with Crippen LogP contribution in [0.2, 0.25) is 0 Å². The van der Waals surface area contributed by atoms with Crippen LogP contribution in [0.1, 0.15) is 25.7 Å². The number of carboxylic acids is 1. The molecular weight excluding hydrogens is 248 g/mol. The Labute approximate surface area is 111 Å². The summed E-state index contributed by atoms with van der Waals surface area (Å²) in [7, 11) is 0. The van der Waals surface area contributed by atoms with Gasteiger partial charge in [0.05, 0.1) is 6.54 Å². The van der Waals surface area contributed by atoms with E-state index in [-0.39, 0.29) is 24.4 Å². The van der Waals surface area contributed by atoms with Crippen LogP contribution < -0.4 is 16.0 Å². The Morgan fingerprint density at radius 3 is 2.95 bits per heavy atom. The monoisotopic (exact) mass is 268 g/mol. The fourth-order valence-corrected chi connectivity index (χ4v) is 2.55. The molecular formula is C12H20N4O3. The van der Waals surface area contributed by atoms with Crippen molar-refractivity contribution in [3.8, 4) is 0 Å². The predicted molar refractivity (Wildman–Crippen MR) is 69.8 cm³/mol. The van der Waals surface area contributed by atoms with Gasteiger partial charge in [0.15, 0.2) is 5.96 Å². The molecule has 0 saturated heterocycles. The smallest absolute Gasteiger partial charge is 0.322 e. The van der Waals surface area contributed by atoms with E-state index in [4.69, 9.17) is 5.11 Å². The van der Waals surface area contributed by atoms with Gasteiger partial charge in [0, 0.05) is 18.5 Å². The van der Waals surface area contributed by atoms with Crippen LogP contribution in [0.4, 0.5) is 0 Å². The number of carbonyl (C=O) groups excluding carboxylic acids is 1. The summed E-state index contributed by atoms with van der Waals surface area (Å²) in [6, 6.07) is 0.235. The number of carbonyl (C=O) groups is 2. The largest absolute Gasteiger partial charge is 0.480 e. The van der Waals surface area contributed by atoms with Crippen molar-refractivity contribution < 1.29 is 14.7 Å². The lowest BCUT2D eigenvalue weighted by molar-refractivity contribution is -0.138. The maximum atomic E-state index is 11.8. The minimum Gasteiger partial charge on any atom is -0.480 e. The predicted octanol–water partition coefficient (Wildman–Crippen LogP) is -0.705. The van der Waals surface area contributed by atoms with Crippen LogP contribution in [0.25, 0.3) is 0 Å². The molecule has 106 valence electrons.